The average molecular weight is 461 g/mol. The number of carboxylic acids is 1. The van der Waals surface area contributed by atoms with Gasteiger partial charge in [-0.2, -0.15) is 0 Å². The molecule has 0 aliphatic heterocycles. The minimum atomic E-state index is -0.972. The number of carboxylic acid groups (broad SMARTS) is 1. The molecule has 1 aromatic rings. The number of likely N-dealkylation sites (N-methyl/N-ethyl adjacent to an activating group) is 2. The molecule has 0 radical (unpaired) electrons. The molecule has 0 saturated heterocycles. The fourth-order valence-corrected chi connectivity index (χ4v) is 4.40. The predicted octanol–water partition coefficient (Wildman–Crippen LogP) is 4.82. The molecule has 186 valence electrons. The van der Waals surface area contributed by atoms with Gasteiger partial charge >= 0.3 is 5.97 Å². The zero-order valence-corrected chi connectivity index (χ0v) is 22.1. The van der Waals surface area contributed by atoms with E-state index in [0.29, 0.717) is 6.42 Å². The summed E-state index contributed by atoms with van der Waals surface area (Å²) in [6.45, 7) is 16.1. The van der Waals surface area contributed by atoms with Gasteiger partial charge in [0.25, 0.3) is 0 Å². The lowest BCUT2D eigenvalue weighted by Crippen LogP contribution is -2.51. The smallest absolute Gasteiger partial charge is 0.331 e. The number of hydrogen-bond donors (Lipinski definition) is 3. The van der Waals surface area contributed by atoms with Crippen LogP contribution in [0.15, 0.2) is 35.9 Å². The number of phenolic OH excluding ortho intramolecular Hbond substituents is 1. The normalized spacial score (nSPS) is 15.8. The van der Waals surface area contributed by atoms with Crippen LogP contribution in [0.5, 0.6) is 5.75 Å². The van der Waals surface area contributed by atoms with Gasteiger partial charge in [-0.05, 0) is 49.4 Å². The number of amides is 1. The maximum atomic E-state index is 13.8. The number of nitrogens with zero attached hydrogens (tertiary/aromatic N) is 1. The highest BCUT2D eigenvalue weighted by Gasteiger charge is 2.41. The number of nitrogens with one attached hydrogen (secondary N) is 1. The van der Waals surface area contributed by atoms with Gasteiger partial charge in [-0.15, -0.1) is 0 Å². The lowest BCUT2D eigenvalue weighted by atomic mass is 9.69. The van der Waals surface area contributed by atoms with E-state index in [0.717, 1.165) is 5.56 Å². The number of carbonyl (C=O) groups excluding carboxylic acids is 1. The number of aliphatic carboxylic acids is 1. The standard InChI is InChI=1S/C27H44N2O4/c1-17(2)22(15-18(3)25(32)33)29(10)24(31)21(26(4,5)6)16-23(28-9)27(7,8)19-11-13-20(30)14-12-19/h11-15,17,21-23,28,30H,16H2,1-10H3,(H,32,33)/b18-15+/t21-,22-,23?/m1/s1. The molecule has 0 heterocycles. The summed E-state index contributed by atoms with van der Waals surface area (Å²) in [5.74, 6) is -0.944. The van der Waals surface area contributed by atoms with E-state index >= 15 is 0 Å². The van der Waals surface area contributed by atoms with Crippen molar-refractivity contribution in [1.82, 2.24) is 10.2 Å². The summed E-state index contributed by atoms with van der Waals surface area (Å²) >= 11 is 0. The largest absolute Gasteiger partial charge is 0.508 e. The zero-order valence-electron chi connectivity index (χ0n) is 22.1. The Labute approximate surface area is 200 Å². The molecule has 1 aromatic carbocycles. The van der Waals surface area contributed by atoms with Gasteiger partial charge < -0.3 is 20.4 Å². The highest BCUT2D eigenvalue weighted by Crippen LogP contribution is 2.38. The molecule has 0 aliphatic carbocycles. The lowest BCUT2D eigenvalue weighted by Gasteiger charge is -2.42. The summed E-state index contributed by atoms with van der Waals surface area (Å²) in [4.78, 5) is 26.9. The maximum Gasteiger partial charge on any atom is 0.331 e. The van der Waals surface area contributed by atoms with Gasteiger partial charge in [0.05, 0.1) is 6.04 Å². The van der Waals surface area contributed by atoms with Crippen LogP contribution in [-0.4, -0.2) is 53.2 Å². The van der Waals surface area contributed by atoms with Crippen molar-refractivity contribution < 1.29 is 19.8 Å². The van der Waals surface area contributed by atoms with Crippen LogP contribution in [0, 0.1) is 17.3 Å². The van der Waals surface area contributed by atoms with E-state index in [1.165, 1.54) is 0 Å². The Bertz CT molecular complexity index is 835. The Kier molecular flexibility index (Phi) is 9.73. The minimum Gasteiger partial charge on any atom is -0.508 e. The fraction of sp³-hybridized carbons (Fsp3) is 0.630. The van der Waals surface area contributed by atoms with Gasteiger partial charge in [-0.1, -0.05) is 66.7 Å². The van der Waals surface area contributed by atoms with Crippen molar-refractivity contribution >= 4 is 11.9 Å². The fourth-order valence-electron chi connectivity index (χ4n) is 4.40. The molecule has 33 heavy (non-hydrogen) atoms. The van der Waals surface area contributed by atoms with E-state index < -0.39 is 5.97 Å². The van der Waals surface area contributed by atoms with Gasteiger partial charge in [0.15, 0.2) is 0 Å². The van der Waals surface area contributed by atoms with Crippen LogP contribution in [0.3, 0.4) is 0 Å². The number of phenols is 1. The summed E-state index contributed by atoms with van der Waals surface area (Å²) in [7, 11) is 3.69. The van der Waals surface area contributed by atoms with E-state index in [2.05, 4.69) is 39.9 Å². The molecule has 3 atom stereocenters. The first-order valence-electron chi connectivity index (χ1n) is 11.7. The quantitative estimate of drug-likeness (QED) is 0.435. The molecule has 0 spiro atoms. The Morgan fingerprint density at radius 1 is 1.09 bits per heavy atom. The number of benzene rings is 1. The maximum absolute atomic E-state index is 13.8. The van der Waals surface area contributed by atoms with Crippen LogP contribution in [0.25, 0.3) is 0 Å². The van der Waals surface area contributed by atoms with Crippen molar-refractivity contribution in [3.8, 4) is 5.75 Å². The zero-order chi connectivity index (χ0) is 25.7. The topological polar surface area (TPSA) is 89.9 Å². The first-order valence-corrected chi connectivity index (χ1v) is 11.7. The van der Waals surface area contributed by atoms with Crippen molar-refractivity contribution in [2.45, 2.75) is 79.3 Å². The van der Waals surface area contributed by atoms with Crippen molar-refractivity contribution in [1.29, 1.82) is 0 Å². The molecule has 1 unspecified atom stereocenters. The van der Waals surface area contributed by atoms with Crippen molar-refractivity contribution in [3.63, 3.8) is 0 Å². The van der Waals surface area contributed by atoms with Crippen LogP contribution in [0.2, 0.25) is 0 Å². The van der Waals surface area contributed by atoms with Crippen LogP contribution in [0.1, 0.15) is 67.4 Å². The SMILES string of the molecule is CNC(C[C@H](C(=O)N(C)[C@H](/C=C(\C)C(=O)O)C(C)C)C(C)(C)C)C(C)(C)c1ccc(O)cc1. The second-order valence-corrected chi connectivity index (χ2v) is 11.1. The van der Waals surface area contributed by atoms with Gasteiger partial charge in [0.1, 0.15) is 5.75 Å². The van der Waals surface area contributed by atoms with Gasteiger partial charge in [-0.25, -0.2) is 4.79 Å². The van der Waals surface area contributed by atoms with E-state index in [1.807, 2.05) is 33.0 Å². The molecule has 0 aliphatic rings. The number of carbonyl (C=O) groups is 2. The van der Waals surface area contributed by atoms with E-state index in [4.69, 9.17) is 0 Å². The number of hydrogen-bond acceptors (Lipinski definition) is 4. The Hall–Kier alpha value is -2.34. The summed E-state index contributed by atoms with van der Waals surface area (Å²) < 4.78 is 0. The first kappa shape index (κ1) is 28.7. The van der Waals surface area contributed by atoms with E-state index in [9.17, 15) is 19.8 Å². The highest BCUT2D eigenvalue weighted by atomic mass is 16.4. The summed E-state index contributed by atoms with van der Waals surface area (Å²) in [5, 5.41) is 22.5. The molecule has 1 rings (SSSR count). The Morgan fingerprint density at radius 2 is 1.61 bits per heavy atom. The van der Waals surface area contributed by atoms with Crippen LogP contribution in [-0.2, 0) is 15.0 Å². The lowest BCUT2D eigenvalue weighted by molar-refractivity contribution is -0.141. The molecule has 0 fully saturated rings. The summed E-state index contributed by atoms with van der Waals surface area (Å²) in [6, 6.07) is 6.92. The third-order valence-corrected chi connectivity index (χ3v) is 6.88. The van der Waals surface area contributed by atoms with Gasteiger partial charge in [0.2, 0.25) is 5.91 Å². The van der Waals surface area contributed by atoms with Crippen molar-refractivity contribution in [2.24, 2.45) is 17.3 Å². The third-order valence-electron chi connectivity index (χ3n) is 6.88. The Balaban J connectivity index is 3.32. The molecule has 6 heteroatoms. The van der Waals surface area contributed by atoms with Crippen LogP contribution in [0.4, 0.5) is 0 Å². The number of rotatable bonds is 10. The van der Waals surface area contributed by atoms with E-state index in [1.54, 1.807) is 37.1 Å². The molecule has 1 amide bonds. The second-order valence-electron chi connectivity index (χ2n) is 11.1. The molecule has 6 nitrogen and oxygen atoms in total. The third kappa shape index (κ3) is 7.32. The molecule has 0 bridgehead atoms. The molecule has 0 aromatic heterocycles. The second kappa shape index (κ2) is 11.2. The van der Waals surface area contributed by atoms with Crippen LogP contribution >= 0.6 is 0 Å². The molecule has 0 saturated carbocycles. The van der Waals surface area contributed by atoms with Crippen LogP contribution < -0.4 is 5.32 Å². The van der Waals surface area contributed by atoms with Crippen molar-refractivity contribution in [2.75, 3.05) is 14.1 Å². The monoisotopic (exact) mass is 460 g/mol. The molecular weight excluding hydrogens is 416 g/mol. The Morgan fingerprint density at radius 3 is 2.00 bits per heavy atom. The van der Waals surface area contributed by atoms with Crippen molar-refractivity contribution in [3.05, 3.63) is 41.5 Å². The predicted molar refractivity (Wildman–Crippen MR) is 134 cm³/mol. The average Bonchev–Trinajstić information content (AvgIpc) is 2.70. The van der Waals surface area contributed by atoms with Gasteiger partial charge in [-0.3, -0.25) is 4.79 Å². The molecule has 3 N–H and O–H groups in total. The summed E-state index contributed by atoms with van der Waals surface area (Å²) in [6.07, 6.45) is 2.30. The van der Waals surface area contributed by atoms with Gasteiger partial charge in [0, 0.05) is 30.0 Å². The van der Waals surface area contributed by atoms with E-state index in [-0.39, 0.29) is 52.0 Å². The minimum absolute atomic E-state index is 0.00239. The number of aromatic hydroxyl groups is 1. The first-order chi connectivity index (χ1) is 15.0. The molecular formula is C27H44N2O4. The summed E-state index contributed by atoms with van der Waals surface area (Å²) in [5.41, 5.74) is 0.732. The highest BCUT2D eigenvalue weighted by molar-refractivity contribution is 5.86.